The van der Waals surface area contributed by atoms with Crippen LogP contribution < -0.4 is 0 Å². The molecule has 0 spiro atoms. The highest BCUT2D eigenvalue weighted by Gasteiger charge is 2.31. The Morgan fingerprint density at radius 2 is 1.16 bits per heavy atom. The fourth-order valence-electron chi connectivity index (χ4n) is 1.77. The molecule has 0 aromatic heterocycles. The number of thiol groups is 2. The Hall–Kier alpha value is 0.540. The molecular formula is C13H28O4S2. The molecule has 19 heavy (non-hydrogen) atoms. The van der Waals surface area contributed by atoms with Crippen LogP contribution in [0.25, 0.3) is 0 Å². The van der Waals surface area contributed by atoms with Gasteiger partial charge >= 0.3 is 0 Å². The fourth-order valence-corrected chi connectivity index (χ4v) is 2.03. The molecule has 0 radical (unpaired) electrons. The van der Waals surface area contributed by atoms with Crippen molar-refractivity contribution in [1.29, 1.82) is 0 Å². The van der Waals surface area contributed by atoms with Gasteiger partial charge < -0.3 is 18.9 Å². The summed E-state index contributed by atoms with van der Waals surface area (Å²) in [5.74, 6) is 1.67. The van der Waals surface area contributed by atoms with E-state index in [1.165, 1.54) is 0 Å². The predicted octanol–water partition coefficient (Wildman–Crippen LogP) is 1.94. The summed E-state index contributed by atoms with van der Waals surface area (Å²) in [4.78, 5) is 0. The summed E-state index contributed by atoms with van der Waals surface area (Å²) >= 11 is 8.33. The van der Waals surface area contributed by atoms with Crippen LogP contribution in [0.4, 0.5) is 0 Å². The second kappa shape index (κ2) is 13.5. The molecule has 0 fully saturated rings. The van der Waals surface area contributed by atoms with Gasteiger partial charge in [-0.05, 0) is 24.3 Å². The highest BCUT2D eigenvalue weighted by molar-refractivity contribution is 7.80. The normalized spacial score (nSPS) is 12.0. The van der Waals surface area contributed by atoms with Gasteiger partial charge in [0, 0.05) is 27.4 Å². The minimum atomic E-state index is -0.239. The summed E-state index contributed by atoms with van der Waals surface area (Å²) < 4.78 is 22.0. The molecule has 0 aromatic carbocycles. The third-order valence-electron chi connectivity index (χ3n) is 2.61. The quantitative estimate of drug-likeness (QED) is 0.380. The molecule has 0 N–H and O–H groups in total. The molecule has 0 aliphatic heterocycles. The third-order valence-corrected chi connectivity index (χ3v) is 3.24. The van der Waals surface area contributed by atoms with Crippen molar-refractivity contribution in [1.82, 2.24) is 0 Å². The average Bonchev–Trinajstić information content (AvgIpc) is 2.41. The van der Waals surface area contributed by atoms with Crippen molar-refractivity contribution in [3.05, 3.63) is 0 Å². The maximum absolute atomic E-state index is 5.70. The van der Waals surface area contributed by atoms with Crippen LogP contribution in [0.1, 0.15) is 12.8 Å². The Balaban J connectivity index is 4.22. The molecule has 0 unspecified atom stereocenters. The van der Waals surface area contributed by atoms with E-state index in [4.69, 9.17) is 18.9 Å². The molecule has 0 aromatic rings. The predicted molar refractivity (Wildman–Crippen MR) is 84.8 cm³/mol. The van der Waals surface area contributed by atoms with Crippen LogP contribution in [0.3, 0.4) is 0 Å². The van der Waals surface area contributed by atoms with E-state index in [9.17, 15) is 0 Å². The first-order chi connectivity index (χ1) is 9.24. The van der Waals surface area contributed by atoms with Gasteiger partial charge in [0.15, 0.2) is 0 Å². The molecule has 0 amide bonds. The van der Waals surface area contributed by atoms with Gasteiger partial charge in [-0.3, -0.25) is 0 Å². The van der Waals surface area contributed by atoms with Crippen LogP contribution in [0, 0.1) is 5.41 Å². The van der Waals surface area contributed by atoms with Crippen LogP contribution in [0.2, 0.25) is 0 Å². The number of rotatable bonds is 14. The molecule has 0 saturated carbocycles. The Kier molecular flexibility index (Phi) is 13.9. The van der Waals surface area contributed by atoms with Gasteiger partial charge in [0.2, 0.25) is 0 Å². The van der Waals surface area contributed by atoms with Crippen LogP contribution in [-0.2, 0) is 18.9 Å². The average molecular weight is 312 g/mol. The van der Waals surface area contributed by atoms with Crippen LogP contribution in [-0.4, -0.2) is 65.4 Å². The molecule has 0 saturated heterocycles. The lowest BCUT2D eigenvalue weighted by atomic mass is 9.92. The summed E-state index contributed by atoms with van der Waals surface area (Å²) in [5, 5.41) is 0. The molecule has 0 heterocycles. The van der Waals surface area contributed by atoms with Gasteiger partial charge in [0.25, 0.3) is 0 Å². The zero-order valence-electron chi connectivity index (χ0n) is 12.1. The van der Waals surface area contributed by atoms with E-state index in [1.54, 1.807) is 14.2 Å². The number of methoxy groups -OCH3 is 2. The van der Waals surface area contributed by atoms with Gasteiger partial charge in [-0.1, -0.05) is 0 Å². The van der Waals surface area contributed by atoms with Gasteiger partial charge in [-0.25, -0.2) is 0 Å². The number of ether oxygens (including phenoxy) is 4. The van der Waals surface area contributed by atoms with Gasteiger partial charge in [-0.2, -0.15) is 25.3 Å². The number of hydrogen-bond acceptors (Lipinski definition) is 6. The van der Waals surface area contributed by atoms with Crippen molar-refractivity contribution in [3.8, 4) is 0 Å². The van der Waals surface area contributed by atoms with Crippen molar-refractivity contribution < 1.29 is 18.9 Å². The summed E-state index contributed by atoms with van der Waals surface area (Å²) in [7, 11) is 3.37. The maximum atomic E-state index is 5.70. The van der Waals surface area contributed by atoms with Gasteiger partial charge in [-0.15, -0.1) is 0 Å². The van der Waals surface area contributed by atoms with Crippen molar-refractivity contribution in [2.45, 2.75) is 12.8 Å². The van der Waals surface area contributed by atoms with E-state index in [2.05, 4.69) is 25.3 Å². The Morgan fingerprint density at radius 1 is 0.737 bits per heavy atom. The zero-order chi connectivity index (χ0) is 14.4. The molecule has 0 atom stereocenters. The molecule has 0 bridgehead atoms. The summed E-state index contributed by atoms with van der Waals surface area (Å²) in [5.41, 5.74) is -0.239. The molecule has 116 valence electrons. The molecule has 4 nitrogen and oxygen atoms in total. The summed E-state index contributed by atoms with van der Waals surface area (Å²) in [6.45, 7) is 3.67. The lowest BCUT2D eigenvalue weighted by Crippen LogP contribution is -2.41. The topological polar surface area (TPSA) is 36.9 Å². The zero-order valence-corrected chi connectivity index (χ0v) is 13.9. The largest absolute Gasteiger partial charge is 0.384 e. The van der Waals surface area contributed by atoms with Gasteiger partial charge in [0.1, 0.15) is 0 Å². The lowest BCUT2D eigenvalue weighted by molar-refractivity contribution is -0.0923. The second-order valence-corrected chi connectivity index (χ2v) is 5.52. The van der Waals surface area contributed by atoms with E-state index in [1.807, 2.05) is 0 Å². The van der Waals surface area contributed by atoms with Crippen molar-refractivity contribution in [3.63, 3.8) is 0 Å². The highest BCUT2D eigenvalue weighted by atomic mass is 32.1. The Bertz CT molecular complexity index is 173. The van der Waals surface area contributed by atoms with Gasteiger partial charge in [0.05, 0.1) is 31.8 Å². The highest BCUT2D eigenvalue weighted by Crippen LogP contribution is 2.20. The minimum Gasteiger partial charge on any atom is -0.384 e. The van der Waals surface area contributed by atoms with Crippen LogP contribution in [0.5, 0.6) is 0 Å². The fraction of sp³-hybridized carbons (Fsp3) is 1.00. The van der Waals surface area contributed by atoms with Crippen LogP contribution >= 0.6 is 25.3 Å². The molecule has 0 aliphatic rings. The first kappa shape index (κ1) is 19.5. The second-order valence-electron chi connectivity index (χ2n) is 4.63. The van der Waals surface area contributed by atoms with E-state index in [-0.39, 0.29) is 5.41 Å². The molecule has 0 aliphatic carbocycles. The van der Waals surface area contributed by atoms with Crippen molar-refractivity contribution in [2.75, 3.05) is 65.4 Å². The van der Waals surface area contributed by atoms with E-state index in [0.29, 0.717) is 39.6 Å². The smallest absolute Gasteiger partial charge is 0.0637 e. The van der Waals surface area contributed by atoms with E-state index < -0.39 is 0 Å². The third kappa shape index (κ3) is 9.98. The summed E-state index contributed by atoms with van der Waals surface area (Å²) in [6, 6.07) is 0. The molecule has 0 rings (SSSR count). The maximum Gasteiger partial charge on any atom is 0.0637 e. The van der Waals surface area contributed by atoms with Crippen molar-refractivity contribution in [2.24, 2.45) is 5.41 Å². The standard InChI is InChI=1S/C13H28O4S2/c1-14-9-13(10-15-2,11-16-5-3-7-18)12-17-6-4-8-19/h18-19H,3-12H2,1-2H3. The molecular weight excluding hydrogens is 284 g/mol. The molecule has 6 heteroatoms. The van der Waals surface area contributed by atoms with E-state index in [0.717, 1.165) is 24.3 Å². The first-order valence-corrected chi connectivity index (χ1v) is 7.86. The van der Waals surface area contributed by atoms with Crippen LogP contribution in [0.15, 0.2) is 0 Å². The van der Waals surface area contributed by atoms with E-state index >= 15 is 0 Å². The Morgan fingerprint density at radius 3 is 1.47 bits per heavy atom. The first-order valence-electron chi connectivity index (χ1n) is 6.60. The SMILES string of the molecule is COCC(COC)(COCCCS)COCCCS. The summed E-state index contributed by atoms with van der Waals surface area (Å²) in [6.07, 6.45) is 1.89. The lowest BCUT2D eigenvalue weighted by Gasteiger charge is -2.32. The number of hydrogen-bond donors (Lipinski definition) is 2. The van der Waals surface area contributed by atoms with Crippen molar-refractivity contribution >= 4 is 25.3 Å². The monoisotopic (exact) mass is 312 g/mol. The Labute approximate surface area is 128 Å². The minimum absolute atomic E-state index is 0.239.